The second-order valence-corrected chi connectivity index (χ2v) is 5.00. The van der Waals surface area contributed by atoms with Crippen LogP contribution in [0.4, 0.5) is 0 Å². The molecule has 0 radical (unpaired) electrons. The van der Waals surface area contributed by atoms with Crippen LogP contribution in [0.25, 0.3) is 4.96 Å². The Kier molecular flexibility index (Phi) is 1.82. The van der Waals surface area contributed by atoms with Gasteiger partial charge in [0.15, 0.2) is 4.96 Å². The van der Waals surface area contributed by atoms with Gasteiger partial charge in [-0.3, -0.25) is 4.40 Å². The zero-order valence-electron chi connectivity index (χ0n) is 9.04. The van der Waals surface area contributed by atoms with Crippen LogP contribution < -0.4 is 4.74 Å². The van der Waals surface area contributed by atoms with E-state index in [4.69, 9.17) is 4.74 Å². The van der Waals surface area contributed by atoms with E-state index in [1.807, 2.05) is 24.5 Å². The van der Waals surface area contributed by atoms with Crippen molar-refractivity contribution in [2.45, 2.75) is 12.5 Å². The van der Waals surface area contributed by atoms with E-state index in [0.29, 0.717) is 0 Å². The van der Waals surface area contributed by atoms with Gasteiger partial charge >= 0.3 is 0 Å². The number of nitrogens with zero attached hydrogens (tertiary/aromatic N) is 2. The van der Waals surface area contributed by atoms with Crippen molar-refractivity contribution in [3.63, 3.8) is 0 Å². The average Bonchev–Trinajstić information content (AvgIpc) is 3.02. The highest BCUT2D eigenvalue weighted by atomic mass is 32.1. The first-order chi connectivity index (χ1) is 8.42. The molecular formula is C13H10N2OS. The van der Waals surface area contributed by atoms with E-state index in [1.165, 1.54) is 11.3 Å². The maximum absolute atomic E-state index is 5.99. The summed E-state index contributed by atoms with van der Waals surface area (Å²) in [5.74, 6) is 1.01. The summed E-state index contributed by atoms with van der Waals surface area (Å²) in [4.78, 5) is 5.31. The van der Waals surface area contributed by atoms with E-state index < -0.39 is 0 Å². The maximum atomic E-state index is 5.99. The Morgan fingerprint density at radius 1 is 1.35 bits per heavy atom. The van der Waals surface area contributed by atoms with Crippen LogP contribution in [0.1, 0.15) is 17.4 Å². The van der Waals surface area contributed by atoms with Gasteiger partial charge in [-0.15, -0.1) is 11.3 Å². The molecular weight excluding hydrogens is 232 g/mol. The third-order valence-corrected chi connectivity index (χ3v) is 4.02. The van der Waals surface area contributed by atoms with Gasteiger partial charge in [-0.25, -0.2) is 4.98 Å². The molecule has 1 aromatic carbocycles. The fourth-order valence-electron chi connectivity index (χ4n) is 2.32. The number of hydrogen-bond donors (Lipinski definition) is 0. The van der Waals surface area contributed by atoms with Gasteiger partial charge in [0.1, 0.15) is 11.9 Å². The largest absolute Gasteiger partial charge is 0.484 e. The van der Waals surface area contributed by atoms with Crippen molar-refractivity contribution in [2.75, 3.05) is 0 Å². The molecule has 0 aliphatic carbocycles. The Bertz CT molecular complexity index is 660. The first-order valence-electron chi connectivity index (χ1n) is 5.57. The lowest BCUT2D eigenvalue weighted by molar-refractivity contribution is 0.232. The first kappa shape index (κ1) is 9.24. The molecule has 1 aliphatic rings. The summed E-state index contributed by atoms with van der Waals surface area (Å²) >= 11 is 1.66. The predicted octanol–water partition coefficient (Wildman–Crippen LogP) is 3.07. The summed E-state index contributed by atoms with van der Waals surface area (Å²) in [6.07, 6.45) is 4.89. The molecule has 0 fully saturated rings. The standard InChI is InChI=1S/C13H10N2OS/c1-2-4-11-9(3-1)7-12(16-11)10-8-17-13-14-5-6-15(10)13/h1-6,8,12H,7H2. The summed E-state index contributed by atoms with van der Waals surface area (Å²) in [5, 5.41) is 2.14. The molecule has 0 N–H and O–H groups in total. The van der Waals surface area contributed by atoms with E-state index in [0.717, 1.165) is 17.1 Å². The SMILES string of the molecule is c1ccc2c(c1)CC(c1csc3nccn13)O2. The highest BCUT2D eigenvalue weighted by Crippen LogP contribution is 2.37. The Morgan fingerprint density at radius 3 is 3.24 bits per heavy atom. The van der Waals surface area contributed by atoms with Crippen LogP contribution in [0.5, 0.6) is 5.75 Å². The van der Waals surface area contributed by atoms with Crippen LogP contribution in [-0.4, -0.2) is 9.38 Å². The van der Waals surface area contributed by atoms with Crippen LogP contribution in [0.2, 0.25) is 0 Å². The van der Waals surface area contributed by atoms with E-state index in [1.54, 1.807) is 11.3 Å². The Labute approximate surface area is 102 Å². The lowest BCUT2D eigenvalue weighted by atomic mass is 10.1. The van der Waals surface area contributed by atoms with Crippen molar-refractivity contribution in [2.24, 2.45) is 0 Å². The van der Waals surface area contributed by atoms with Crippen molar-refractivity contribution in [1.29, 1.82) is 0 Å². The minimum atomic E-state index is 0.121. The molecule has 84 valence electrons. The van der Waals surface area contributed by atoms with Crippen LogP contribution >= 0.6 is 11.3 Å². The normalized spacial score (nSPS) is 18.2. The number of hydrogen-bond acceptors (Lipinski definition) is 3. The molecule has 3 nitrogen and oxygen atoms in total. The smallest absolute Gasteiger partial charge is 0.193 e. The Morgan fingerprint density at radius 2 is 2.29 bits per heavy atom. The number of fused-ring (bicyclic) bond motifs is 2. The van der Waals surface area contributed by atoms with Crippen molar-refractivity contribution in [3.05, 3.63) is 53.3 Å². The van der Waals surface area contributed by atoms with Gasteiger partial charge in [0.05, 0.1) is 5.69 Å². The molecule has 4 heteroatoms. The second-order valence-electron chi connectivity index (χ2n) is 4.16. The summed E-state index contributed by atoms with van der Waals surface area (Å²) in [7, 11) is 0. The zero-order valence-corrected chi connectivity index (χ0v) is 9.85. The van der Waals surface area contributed by atoms with Gasteiger partial charge in [-0.05, 0) is 11.6 Å². The minimum Gasteiger partial charge on any atom is -0.484 e. The monoisotopic (exact) mass is 242 g/mol. The highest BCUT2D eigenvalue weighted by Gasteiger charge is 2.26. The fourth-order valence-corrected chi connectivity index (χ4v) is 3.21. The summed E-state index contributed by atoms with van der Waals surface area (Å²) in [5.41, 5.74) is 2.48. The van der Waals surface area contributed by atoms with Gasteiger partial charge < -0.3 is 4.74 Å². The topological polar surface area (TPSA) is 26.5 Å². The number of para-hydroxylation sites is 1. The van der Waals surface area contributed by atoms with E-state index >= 15 is 0 Å². The molecule has 1 aliphatic heterocycles. The molecule has 0 bridgehead atoms. The zero-order chi connectivity index (χ0) is 11.2. The molecule has 0 amide bonds. The summed E-state index contributed by atoms with van der Waals surface area (Å²) in [6.45, 7) is 0. The summed E-state index contributed by atoms with van der Waals surface area (Å²) in [6, 6.07) is 8.24. The number of thiazole rings is 1. The average molecular weight is 242 g/mol. The number of imidazole rings is 1. The van der Waals surface area contributed by atoms with Crippen LogP contribution in [0.3, 0.4) is 0 Å². The number of ether oxygens (including phenoxy) is 1. The molecule has 1 unspecified atom stereocenters. The molecule has 4 rings (SSSR count). The molecule has 17 heavy (non-hydrogen) atoms. The predicted molar refractivity (Wildman–Crippen MR) is 66.6 cm³/mol. The van der Waals surface area contributed by atoms with Gasteiger partial charge in [0.2, 0.25) is 0 Å². The number of rotatable bonds is 1. The minimum absolute atomic E-state index is 0.121. The molecule has 2 aromatic heterocycles. The van der Waals surface area contributed by atoms with Gasteiger partial charge in [-0.2, -0.15) is 0 Å². The molecule has 0 saturated carbocycles. The van der Waals surface area contributed by atoms with Gasteiger partial charge in [0.25, 0.3) is 0 Å². The van der Waals surface area contributed by atoms with Crippen molar-refractivity contribution in [1.82, 2.24) is 9.38 Å². The van der Waals surface area contributed by atoms with E-state index in [9.17, 15) is 0 Å². The third-order valence-electron chi connectivity index (χ3n) is 3.15. The fraction of sp³-hybridized carbons (Fsp3) is 0.154. The molecule has 1 atom stereocenters. The van der Waals surface area contributed by atoms with Crippen LogP contribution in [0.15, 0.2) is 42.0 Å². The molecule has 3 aromatic rings. The van der Waals surface area contributed by atoms with Crippen molar-refractivity contribution >= 4 is 16.3 Å². The van der Waals surface area contributed by atoms with E-state index in [-0.39, 0.29) is 6.10 Å². The number of benzene rings is 1. The lowest BCUT2D eigenvalue weighted by Crippen LogP contribution is -2.05. The van der Waals surface area contributed by atoms with Crippen LogP contribution in [-0.2, 0) is 6.42 Å². The van der Waals surface area contributed by atoms with E-state index in [2.05, 4.69) is 26.9 Å². The van der Waals surface area contributed by atoms with Crippen molar-refractivity contribution in [3.8, 4) is 5.75 Å². The first-order valence-corrected chi connectivity index (χ1v) is 6.45. The molecule has 0 saturated heterocycles. The Hall–Kier alpha value is -1.81. The molecule has 3 heterocycles. The number of aromatic nitrogens is 2. The second kappa shape index (κ2) is 3.34. The molecule has 0 spiro atoms. The van der Waals surface area contributed by atoms with Crippen molar-refractivity contribution < 1.29 is 4.74 Å². The highest BCUT2D eigenvalue weighted by molar-refractivity contribution is 7.15. The third kappa shape index (κ3) is 1.31. The van der Waals surface area contributed by atoms with Crippen LogP contribution in [0, 0.1) is 0 Å². The van der Waals surface area contributed by atoms with Gasteiger partial charge in [0, 0.05) is 24.2 Å². The van der Waals surface area contributed by atoms with Gasteiger partial charge in [-0.1, -0.05) is 18.2 Å². The Balaban J connectivity index is 1.78. The quantitative estimate of drug-likeness (QED) is 0.655. The maximum Gasteiger partial charge on any atom is 0.193 e. The summed E-state index contributed by atoms with van der Waals surface area (Å²) < 4.78 is 8.10. The lowest BCUT2D eigenvalue weighted by Gasteiger charge is -2.09.